The lowest BCUT2D eigenvalue weighted by atomic mass is 9.76. The van der Waals surface area contributed by atoms with E-state index in [1.807, 2.05) is 6.07 Å². The molecule has 0 saturated carbocycles. The molecule has 1 aromatic carbocycles. The summed E-state index contributed by atoms with van der Waals surface area (Å²) in [7, 11) is 0. The number of nitriles is 1. The van der Waals surface area contributed by atoms with Gasteiger partial charge in [-0.1, -0.05) is 18.2 Å². The minimum Gasteiger partial charge on any atom is -0.438 e. The molecule has 0 aromatic heterocycles. The minimum absolute atomic E-state index is 0.176. The zero-order valence-corrected chi connectivity index (χ0v) is 10.7. The van der Waals surface area contributed by atoms with Crippen LogP contribution in [0.15, 0.2) is 30.3 Å². The molecule has 0 amide bonds. The standard InChI is InChI=1S/C15H16N2O2/c16-10-15(11-17-8-6-13(15)7-9-17)19-14(18)12-4-2-1-3-5-12/h1-5,13H,6-9,11H2. The topological polar surface area (TPSA) is 53.3 Å². The van der Waals surface area contributed by atoms with Crippen molar-refractivity contribution in [2.24, 2.45) is 5.92 Å². The van der Waals surface area contributed by atoms with E-state index in [1.165, 1.54) is 0 Å². The largest absolute Gasteiger partial charge is 0.438 e. The van der Waals surface area contributed by atoms with Crippen molar-refractivity contribution >= 4 is 5.97 Å². The normalized spacial score (nSPS) is 32.6. The predicted octanol–water partition coefficient (Wildman–Crippen LogP) is 1.83. The molecule has 3 aliphatic rings. The number of hydrogen-bond donors (Lipinski definition) is 0. The van der Waals surface area contributed by atoms with Crippen LogP contribution in [0.4, 0.5) is 0 Å². The molecule has 1 unspecified atom stereocenters. The number of carbonyl (C=O) groups is 1. The Hall–Kier alpha value is -1.86. The third-order valence-corrected chi connectivity index (χ3v) is 4.18. The second-order valence-corrected chi connectivity index (χ2v) is 5.31. The summed E-state index contributed by atoms with van der Waals surface area (Å²) in [6.07, 6.45) is 1.88. The summed E-state index contributed by atoms with van der Waals surface area (Å²) in [6, 6.07) is 11.1. The maximum atomic E-state index is 12.2. The Bertz CT molecular complexity index is 515. The molecule has 3 aliphatic heterocycles. The first kappa shape index (κ1) is 12.2. The lowest BCUT2D eigenvalue weighted by Gasteiger charge is -2.48. The van der Waals surface area contributed by atoms with Crippen molar-refractivity contribution in [3.63, 3.8) is 0 Å². The van der Waals surface area contributed by atoms with E-state index in [-0.39, 0.29) is 5.92 Å². The summed E-state index contributed by atoms with van der Waals surface area (Å²) < 4.78 is 5.61. The van der Waals surface area contributed by atoms with E-state index in [4.69, 9.17) is 4.74 Å². The first-order valence-electron chi connectivity index (χ1n) is 6.65. The number of hydrogen-bond acceptors (Lipinski definition) is 4. The van der Waals surface area contributed by atoms with Gasteiger partial charge in [0.15, 0.2) is 0 Å². The van der Waals surface area contributed by atoms with Gasteiger partial charge < -0.3 is 4.74 Å². The summed E-state index contributed by atoms with van der Waals surface area (Å²) in [4.78, 5) is 14.4. The van der Waals surface area contributed by atoms with Gasteiger partial charge in [0.1, 0.15) is 6.07 Å². The van der Waals surface area contributed by atoms with Gasteiger partial charge in [-0.05, 0) is 38.1 Å². The zero-order valence-electron chi connectivity index (χ0n) is 10.7. The lowest BCUT2D eigenvalue weighted by Crippen LogP contribution is -2.60. The van der Waals surface area contributed by atoms with Crippen molar-refractivity contribution in [2.45, 2.75) is 18.4 Å². The Balaban J connectivity index is 1.81. The number of nitrogens with zero attached hydrogens (tertiary/aromatic N) is 2. The van der Waals surface area contributed by atoms with Gasteiger partial charge >= 0.3 is 5.97 Å². The SMILES string of the molecule is N#CC1(OC(=O)c2ccccc2)CN2CCC1CC2. The van der Waals surface area contributed by atoms with Gasteiger partial charge in [-0.15, -0.1) is 0 Å². The van der Waals surface area contributed by atoms with Gasteiger partial charge in [0.05, 0.1) is 12.1 Å². The first-order chi connectivity index (χ1) is 9.23. The molecule has 98 valence electrons. The first-order valence-corrected chi connectivity index (χ1v) is 6.65. The molecule has 3 fully saturated rings. The van der Waals surface area contributed by atoms with Crippen molar-refractivity contribution < 1.29 is 9.53 Å². The maximum absolute atomic E-state index is 12.2. The summed E-state index contributed by atoms with van der Waals surface area (Å²) in [6.45, 7) is 2.57. The highest BCUT2D eigenvalue weighted by atomic mass is 16.6. The molecule has 4 nitrogen and oxygen atoms in total. The van der Waals surface area contributed by atoms with Gasteiger partial charge in [0.2, 0.25) is 5.60 Å². The highest BCUT2D eigenvalue weighted by Gasteiger charge is 2.50. The molecule has 0 radical (unpaired) electrons. The second kappa shape index (κ2) is 4.67. The van der Waals surface area contributed by atoms with Crippen LogP contribution < -0.4 is 0 Å². The Morgan fingerprint density at radius 3 is 2.53 bits per heavy atom. The fraction of sp³-hybridized carbons (Fsp3) is 0.467. The zero-order chi connectivity index (χ0) is 13.3. The van der Waals surface area contributed by atoms with Crippen LogP contribution in [0.1, 0.15) is 23.2 Å². The van der Waals surface area contributed by atoms with Crippen LogP contribution in [0.5, 0.6) is 0 Å². The predicted molar refractivity (Wildman–Crippen MR) is 69.4 cm³/mol. The molecule has 0 spiro atoms. The van der Waals surface area contributed by atoms with E-state index < -0.39 is 11.6 Å². The molecule has 1 atom stereocenters. The highest BCUT2D eigenvalue weighted by molar-refractivity contribution is 5.89. The lowest BCUT2D eigenvalue weighted by molar-refractivity contribution is -0.0870. The Labute approximate surface area is 112 Å². The van der Waals surface area contributed by atoms with Crippen LogP contribution in [0.25, 0.3) is 0 Å². The van der Waals surface area contributed by atoms with Crippen LogP contribution in [-0.4, -0.2) is 36.1 Å². The van der Waals surface area contributed by atoms with Gasteiger partial charge in [-0.3, -0.25) is 4.90 Å². The van der Waals surface area contributed by atoms with Crippen LogP contribution in [0, 0.1) is 17.2 Å². The second-order valence-electron chi connectivity index (χ2n) is 5.31. The quantitative estimate of drug-likeness (QED) is 0.757. The number of benzene rings is 1. The monoisotopic (exact) mass is 256 g/mol. The average Bonchev–Trinajstić information content (AvgIpc) is 2.49. The van der Waals surface area contributed by atoms with Crippen molar-refractivity contribution in [3.8, 4) is 6.07 Å². The van der Waals surface area contributed by atoms with Crippen LogP contribution in [-0.2, 0) is 4.74 Å². The number of esters is 1. The molecule has 19 heavy (non-hydrogen) atoms. The Kier molecular flexibility index (Phi) is 3.00. The number of ether oxygens (including phenoxy) is 1. The molecule has 0 aliphatic carbocycles. The van der Waals surface area contributed by atoms with Gasteiger partial charge in [-0.2, -0.15) is 5.26 Å². The maximum Gasteiger partial charge on any atom is 0.339 e. The van der Waals surface area contributed by atoms with Gasteiger partial charge in [0.25, 0.3) is 0 Å². The van der Waals surface area contributed by atoms with E-state index in [9.17, 15) is 10.1 Å². The van der Waals surface area contributed by atoms with Gasteiger partial charge in [0, 0.05) is 5.92 Å². The molecular weight excluding hydrogens is 240 g/mol. The molecule has 2 bridgehead atoms. The third kappa shape index (κ3) is 2.11. The van der Waals surface area contributed by atoms with E-state index in [2.05, 4.69) is 11.0 Å². The molecular formula is C15H16N2O2. The van der Waals surface area contributed by atoms with E-state index in [0.29, 0.717) is 12.1 Å². The molecule has 4 heteroatoms. The summed E-state index contributed by atoms with van der Waals surface area (Å²) >= 11 is 0. The Morgan fingerprint density at radius 1 is 1.32 bits per heavy atom. The fourth-order valence-corrected chi connectivity index (χ4v) is 3.08. The molecule has 0 N–H and O–H groups in total. The van der Waals surface area contributed by atoms with Crippen molar-refractivity contribution in [2.75, 3.05) is 19.6 Å². The average molecular weight is 256 g/mol. The number of piperidine rings is 3. The van der Waals surface area contributed by atoms with Crippen LogP contribution in [0.3, 0.4) is 0 Å². The summed E-state index contributed by atoms with van der Waals surface area (Å²) in [5.41, 5.74) is -0.447. The van der Waals surface area contributed by atoms with Gasteiger partial charge in [-0.25, -0.2) is 4.79 Å². The molecule has 1 aromatic rings. The number of rotatable bonds is 2. The molecule has 4 rings (SSSR count). The number of carbonyl (C=O) groups excluding carboxylic acids is 1. The Morgan fingerprint density at radius 2 is 2.00 bits per heavy atom. The smallest absolute Gasteiger partial charge is 0.339 e. The number of fused-ring (bicyclic) bond motifs is 3. The minimum atomic E-state index is -0.955. The van der Waals surface area contributed by atoms with Crippen molar-refractivity contribution in [1.29, 1.82) is 5.26 Å². The highest BCUT2D eigenvalue weighted by Crippen LogP contribution is 2.38. The third-order valence-electron chi connectivity index (χ3n) is 4.18. The van der Waals surface area contributed by atoms with E-state index in [1.54, 1.807) is 24.3 Å². The van der Waals surface area contributed by atoms with Crippen LogP contribution in [0.2, 0.25) is 0 Å². The van der Waals surface area contributed by atoms with E-state index >= 15 is 0 Å². The molecule has 3 heterocycles. The molecule has 3 saturated heterocycles. The van der Waals surface area contributed by atoms with Crippen LogP contribution >= 0.6 is 0 Å². The van der Waals surface area contributed by atoms with Crippen molar-refractivity contribution in [1.82, 2.24) is 4.90 Å². The van der Waals surface area contributed by atoms with Crippen molar-refractivity contribution in [3.05, 3.63) is 35.9 Å². The van der Waals surface area contributed by atoms with E-state index in [0.717, 1.165) is 25.9 Å². The summed E-state index contributed by atoms with van der Waals surface area (Å²) in [5.74, 6) is -0.217. The fourth-order valence-electron chi connectivity index (χ4n) is 3.08. The summed E-state index contributed by atoms with van der Waals surface area (Å²) in [5, 5.41) is 9.51.